The summed E-state index contributed by atoms with van der Waals surface area (Å²) in [6, 6.07) is 0.801. The molecule has 0 heterocycles. The number of ether oxygens (including phenoxy) is 1. The third-order valence-corrected chi connectivity index (χ3v) is 2.65. The van der Waals surface area contributed by atoms with Gasteiger partial charge in [-0.2, -0.15) is 0 Å². The van der Waals surface area contributed by atoms with Crippen LogP contribution in [0.5, 0.6) is 0 Å². The summed E-state index contributed by atoms with van der Waals surface area (Å²) in [6.45, 7) is 0.949. The third kappa shape index (κ3) is 2.46. The fourth-order valence-electron chi connectivity index (χ4n) is 1.90. The Hall–Kier alpha value is -0.0800. The maximum absolute atomic E-state index is 5.14. The van der Waals surface area contributed by atoms with Gasteiger partial charge in [0.05, 0.1) is 0 Å². The number of hydrogen-bond donors (Lipinski definition) is 0. The minimum atomic E-state index is 0.801. The number of rotatable bonds is 3. The molecule has 0 saturated heterocycles. The molecule has 66 valence electrons. The van der Waals surface area contributed by atoms with E-state index in [1.54, 1.807) is 7.11 Å². The molecule has 0 spiro atoms. The van der Waals surface area contributed by atoms with Gasteiger partial charge >= 0.3 is 0 Å². The smallest absolute Gasteiger partial charge is 0.0491 e. The van der Waals surface area contributed by atoms with E-state index in [2.05, 4.69) is 19.0 Å². The summed E-state index contributed by atoms with van der Waals surface area (Å²) in [7, 11) is 6.13. The highest BCUT2D eigenvalue weighted by Crippen LogP contribution is 2.27. The molecular formula is C9H19NO. The van der Waals surface area contributed by atoms with Crippen molar-refractivity contribution in [2.75, 3.05) is 27.8 Å². The quantitative estimate of drug-likeness (QED) is 0.613. The van der Waals surface area contributed by atoms with Crippen LogP contribution < -0.4 is 0 Å². The van der Waals surface area contributed by atoms with Crippen LogP contribution >= 0.6 is 0 Å². The zero-order valence-electron chi connectivity index (χ0n) is 7.84. The van der Waals surface area contributed by atoms with Crippen molar-refractivity contribution in [2.45, 2.75) is 25.3 Å². The van der Waals surface area contributed by atoms with Gasteiger partial charge in [0.2, 0.25) is 0 Å². The first-order valence-corrected chi connectivity index (χ1v) is 4.39. The molecule has 2 atom stereocenters. The summed E-state index contributed by atoms with van der Waals surface area (Å²) in [5.74, 6) is 0.812. The SMILES string of the molecule is COC[C@@H]1CC[C@H](N(C)C)C1. The summed E-state index contributed by atoms with van der Waals surface area (Å²) in [5.41, 5.74) is 0. The van der Waals surface area contributed by atoms with E-state index in [1.807, 2.05) is 0 Å². The van der Waals surface area contributed by atoms with Crippen LogP contribution in [0, 0.1) is 5.92 Å². The first-order valence-electron chi connectivity index (χ1n) is 4.39. The molecule has 1 saturated carbocycles. The Labute approximate surface area is 69.5 Å². The van der Waals surface area contributed by atoms with Gasteiger partial charge in [0.25, 0.3) is 0 Å². The van der Waals surface area contributed by atoms with Crippen molar-refractivity contribution in [3.8, 4) is 0 Å². The van der Waals surface area contributed by atoms with Crippen molar-refractivity contribution in [2.24, 2.45) is 5.92 Å². The highest BCUT2D eigenvalue weighted by molar-refractivity contribution is 4.79. The molecule has 0 aliphatic heterocycles. The number of nitrogens with zero attached hydrogens (tertiary/aromatic N) is 1. The van der Waals surface area contributed by atoms with E-state index < -0.39 is 0 Å². The fraction of sp³-hybridized carbons (Fsp3) is 1.00. The van der Waals surface area contributed by atoms with Gasteiger partial charge in [0.1, 0.15) is 0 Å². The van der Waals surface area contributed by atoms with Gasteiger partial charge in [-0.05, 0) is 39.3 Å². The lowest BCUT2D eigenvalue weighted by atomic mass is 10.1. The average molecular weight is 157 g/mol. The molecular weight excluding hydrogens is 138 g/mol. The molecule has 1 fully saturated rings. The molecule has 11 heavy (non-hydrogen) atoms. The average Bonchev–Trinajstić information content (AvgIpc) is 2.37. The lowest BCUT2D eigenvalue weighted by molar-refractivity contribution is 0.150. The second-order valence-corrected chi connectivity index (χ2v) is 3.75. The van der Waals surface area contributed by atoms with Crippen LogP contribution in [0.4, 0.5) is 0 Å². The summed E-state index contributed by atoms with van der Waals surface area (Å²) in [5, 5.41) is 0. The van der Waals surface area contributed by atoms with Gasteiger partial charge in [-0.1, -0.05) is 0 Å². The summed E-state index contributed by atoms with van der Waals surface area (Å²) >= 11 is 0. The van der Waals surface area contributed by atoms with Crippen molar-refractivity contribution < 1.29 is 4.74 Å². The normalized spacial score (nSPS) is 31.6. The fourth-order valence-corrected chi connectivity index (χ4v) is 1.90. The molecule has 0 amide bonds. The first kappa shape index (κ1) is 9.01. The maximum atomic E-state index is 5.14. The summed E-state index contributed by atoms with van der Waals surface area (Å²) in [6.07, 6.45) is 4.01. The minimum Gasteiger partial charge on any atom is -0.384 e. The van der Waals surface area contributed by atoms with Crippen molar-refractivity contribution in [1.82, 2.24) is 4.90 Å². The summed E-state index contributed by atoms with van der Waals surface area (Å²) < 4.78 is 5.14. The molecule has 0 N–H and O–H groups in total. The summed E-state index contributed by atoms with van der Waals surface area (Å²) in [4.78, 5) is 2.33. The highest BCUT2D eigenvalue weighted by Gasteiger charge is 2.25. The molecule has 1 rings (SSSR count). The van der Waals surface area contributed by atoms with Crippen LogP contribution in [0.15, 0.2) is 0 Å². The Kier molecular flexibility index (Phi) is 3.34. The Morgan fingerprint density at radius 3 is 2.55 bits per heavy atom. The second-order valence-electron chi connectivity index (χ2n) is 3.75. The van der Waals surface area contributed by atoms with Crippen molar-refractivity contribution >= 4 is 0 Å². The van der Waals surface area contributed by atoms with Gasteiger partial charge in [-0.3, -0.25) is 0 Å². The van der Waals surface area contributed by atoms with E-state index in [0.29, 0.717) is 0 Å². The lowest BCUT2D eigenvalue weighted by Crippen LogP contribution is -2.25. The van der Waals surface area contributed by atoms with E-state index in [1.165, 1.54) is 19.3 Å². The van der Waals surface area contributed by atoms with Crippen LogP contribution in [0.2, 0.25) is 0 Å². The molecule has 0 unspecified atom stereocenters. The molecule has 0 aromatic heterocycles. The number of hydrogen-bond acceptors (Lipinski definition) is 2. The second kappa shape index (κ2) is 4.07. The topological polar surface area (TPSA) is 12.5 Å². The van der Waals surface area contributed by atoms with Gasteiger partial charge in [0, 0.05) is 19.8 Å². The lowest BCUT2D eigenvalue weighted by Gasteiger charge is -2.18. The van der Waals surface area contributed by atoms with E-state index >= 15 is 0 Å². The maximum Gasteiger partial charge on any atom is 0.0491 e. The van der Waals surface area contributed by atoms with Crippen LogP contribution in [-0.4, -0.2) is 38.8 Å². The van der Waals surface area contributed by atoms with Gasteiger partial charge in [-0.15, -0.1) is 0 Å². The molecule has 1 aliphatic carbocycles. The Morgan fingerprint density at radius 1 is 1.36 bits per heavy atom. The zero-order valence-corrected chi connectivity index (χ0v) is 7.84. The monoisotopic (exact) mass is 157 g/mol. The molecule has 0 radical (unpaired) electrons. The van der Waals surface area contributed by atoms with E-state index in [-0.39, 0.29) is 0 Å². The number of methoxy groups -OCH3 is 1. The first-order chi connectivity index (χ1) is 5.24. The van der Waals surface area contributed by atoms with E-state index in [0.717, 1.165) is 18.6 Å². The molecule has 0 aromatic carbocycles. The standard InChI is InChI=1S/C9H19NO/c1-10(2)9-5-4-8(6-9)7-11-3/h8-9H,4-7H2,1-3H3/t8-,9+/m1/s1. The van der Waals surface area contributed by atoms with Gasteiger partial charge in [0.15, 0.2) is 0 Å². The Bertz CT molecular complexity index is 114. The van der Waals surface area contributed by atoms with Crippen molar-refractivity contribution in [1.29, 1.82) is 0 Å². The minimum absolute atomic E-state index is 0.801. The van der Waals surface area contributed by atoms with Crippen LogP contribution in [0.1, 0.15) is 19.3 Å². The zero-order chi connectivity index (χ0) is 8.27. The molecule has 1 aliphatic rings. The van der Waals surface area contributed by atoms with Crippen molar-refractivity contribution in [3.05, 3.63) is 0 Å². The van der Waals surface area contributed by atoms with Gasteiger partial charge in [-0.25, -0.2) is 0 Å². The molecule has 0 bridgehead atoms. The van der Waals surface area contributed by atoms with Crippen LogP contribution in [0.3, 0.4) is 0 Å². The largest absolute Gasteiger partial charge is 0.384 e. The molecule has 2 nitrogen and oxygen atoms in total. The van der Waals surface area contributed by atoms with E-state index in [9.17, 15) is 0 Å². The highest BCUT2D eigenvalue weighted by atomic mass is 16.5. The van der Waals surface area contributed by atoms with Crippen LogP contribution in [-0.2, 0) is 4.74 Å². The predicted octanol–water partition coefficient (Wildman–Crippen LogP) is 1.36. The van der Waals surface area contributed by atoms with Crippen molar-refractivity contribution in [3.63, 3.8) is 0 Å². The predicted molar refractivity (Wildman–Crippen MR) is 46.7 cm³/mol. The van der Waals surface area contributed by atoms with Gasteiger partial charge < -0.3 is 9.64 Å². The van der Waals surface area contributed by atoms with Crippen LogP contribution in [0.25, 0.3) is 0 Å². The Balaban J connectivity index is 2.23. The molecule has 2 heteroatoms. The third-order valence-electron chi connectivity index (χ3n) is 2.65. The van der Waals surface area contributed by atoms with E-state index in [4.69, 9.17) is 4.74 Å². The molecule has 0 aromatic rings. The Morgan fingerprint density at radius 2 is 2.09 bits per heavy atom.